The summed E-state index contributed by atoms with van der Waals surface area (Å²) in [5.41, 5.74) is 7.48. The zero-order valence-electron chi connectivity index (χ0n) is 12.2. The molecule has 1 aliphatic rings. The fourth-order valence-electron chi connectivity index (χ4n) is 2.69. The lowest BCUT2D eigenvalue weighted by molar-refractivity contribution is 0.411. The van der Waals surface area contributed by atoms with Gasteiger partial charge in [0.2, 0.25) is 5.95 Å². The molecule has 1 saturated heterocycles. The molecule has 112 valence electrons. The summed E-state index contributed by atoms with van der Waals surface area (Å²) in [5, 5.41) is 16.9. The molecule has 0 amide bonds. The molecule has 2 heterocycles. The summed E-state index contributed by atoms with van der Waals surface area (Å²) in [6.07, 6.45) is 2.19. The van der Waals surface area contributed by atoms with Crippen molar-refractivity contribution < 1.29 is 5.11 Å². The molecule has 4 N–H and O–H groups in total. The highest BCUT2D eigenvalue weighted by atomic mass is 16.3. The van der Waals surface area contributed by atoms with Crippen LogP contribution in [0.15, 0.2) is 18.2 Å². The van der Waals surface area contributed by atoms with Crippen LogP contribution in [0, 0.1) is 12.8 Å². The highest BCUT2D eigenvalue weighted by Gasteiger charge is 2.21. The van der Waals surface area contributed by atoms with E-state index in [1.807, 2.05) is 19.1 Å². The molecule has 0 bridgehead atoms. The van der Waals surface area contributed by atoms with Crippen molar-refractivity contribution in [2.75, 3.05) is 24.5 Å². The molecule has 2 aromatic rings. The van der Waals surface area contributed by atoms with E-state index in [9.17, 15) is 5.11 Å². The van der Waals surface area contributed by atoms with E-state index in [1.165, 1.54) is 0 Å². The van der Waals surface area contributed by atoms with Crippen molar-refractivity contribution in [1.82, 2.24) is 15.2 Å². The monoisotopic (exact) mass is 287 g/mol. The second-order valence-electron chi connectivity index (χ2n) is 5.65. The van der Waals surface area contributed by atoms with Crippen molar-refractivity contribution in [3.63, 3.8) is 0 Å². The van der Waals surface area contributed by atoms with Gasteiger partial charge < -0.3 is 15.7 Å². The number of H-pyrrole nitrogens is 1. The quantitative estimate of drug-likeness (QED) is 0.798. The Balaban J connectivity index is 1.76. The second-order valence-corrected chi connectivity index (χ2v) is 5.65. The van der Waals surface area contributed by atoms with E-state index in [2.05, 4.69) is 20.1 Å². The van der Waals surface area contributed by atoms with Crippen LogP contribution < -0.4 is 10.6 Å². The van der Waals surface area contributed by atoms with Crippen molar-refractivity contribution in [3.05, 3.63) is 23.8 Å². The Bertz CT molecular complexity index is 616. The number of benzene rings is 1. The van der Waals surface area contributed by atoms with Gasteiger partial charge >= 0.3 is 0 Å². The van der Waals surface area contributed by atoms with E-state index in [0.29, 0.717) is 11.7 Å². The van der Waals surface area contributed by atoms with Gasteiger partial charge in [0, 0.05) is 18.7 Å². The van der Waals surface area contributed by atoms with E-state index in [1.54, 1.807) is 6.07 Å². The molecule has 1 fully saturated rings. The number of aromatic hydroxyl groups is 1. The highest BCUT2D eigenvalue weighted by Crippen LogP contribution is 2.25. The number of hydrogen-bond donors (Lipinski definition) is 3. The van der Waals surface area contributed by atoms with Crippen LogP contribution in [0.4, 0.5) is 5.95 Å². The number of aryl methyl sites for hydroxylation is 1. The molecule has 6 nitrogen and oxygen atoms in total. The van der Waals surface area contributed by atoms with Gasteiger partial charge in [0.25, 0.3) is 0 Å². The number of nitrogens with zero attached hydrogens (tertiary/aromatic N) is 3. The van der Waals surface area contributed by atoms with Crippen molar-refractivity contribution in [3.8, 4) is 17.1 Å². The third-order valence-corrected chi connectivity index (χ3v) is 4.17. The summed E-state index contributed by atoms with van der Waals surface area (Å²) in [5.74, 6) is 2.39. The first-order chi connectivity index (χ1) is 10.2. The van der Waals surface area contributed by atoms with Crippen LogP contribution >= 0.6 is 0 Å². The molecule has 0 aliphatic carbocycles. The molecule has 1 aliphatic heterocycles. The van der Waals surface area contributed by atoms with Crippen LogP contribution in [-0.4, -0.2) is 39.9 Å². The minimum Gasteiger partial charge on any atom is -0.508 e. The smallest absolute Gasteiger partial charge is 0.245 e. The van der Waals surface area contributed by atoms with Crippen LogP contribution in [0.5, 0.6) is 5.75 Å². The third kappa shape index (κ3) is 2.85. The van der Waals surface area contributed by atoms with Crippen molar-refractivity contribution >= 4 is 5.95 Å². The van der Waals surface area contributed by atoms with Crippen LogP contribution in [0.3, 0.4) is 0 Å². The topological polar surface area (TPSA) is 91.1 Å². The minimum absolute atomic E-state index is 0.294. The van der Waals surface area contributed by atoms with E-state index < -0.39 is 0 Å². The van der Waals surface area contributed by atoms with Gasteiger partial charge in [0.1, 0.15) is 5.75 Å². The van der Waals surface area contributed by atoms with Crippen LogP contribution in [0.25, 0.3) is 11.4 Å². The van der Waals surface area contributed by atoms with Gasteiger partial charge in [-0.2, -0.15) is 4.98 Å². The van der Waals surface area contributed by atoms with Gasteiger partial charge in [0.15, 0.2) is 5.82 Å². The lowest BCUT2D eigenvalue weighted by Gasteiger charge is -2.30. The molecule has 6 heteroatoms. The van der Waals surface area contributed by atoms with Gasteiger partial charge in [-0.05, 0) is 56.0 Å². The summed E-state index contributed by atoms with van der Waals surface area (Å²) in [4.78, 5) is 6.77. The molecule has 0 atom stereocenters. The Morgan fingerprint density at radius 2 is 2.14 bits per heavy atom. The number of anilines is 1. The van der Waals surface area contributed by atoms with Gasteiger partial charge in [-0.15, -0.1) is 5.10 Å². The molecule has 0 saturated carbocycles. The normalized spacial score (nSPS) is 16.4. The Morgan fingerprint density at radius 1 is 1.38 bits per heavy atom. The van der Waals surface area contributed by atoms with Crippen molar-refractivity contribution in [2.24, 2.45) is 11.7 Å². The first-order valence-corrected chi connectivity index (χ1v) is 7.35. The predicted octanol–water partition coefficient (Wildman–Crippen LogP) is 1.66. The number of hydrogen-bond acceptors (Lipinski definition) is 5. The summed E-state index contributed by atoms with van der Waals surface area (Å²) in [7, 11) is 0. The number of nitrogens with one attached hydrogen (secondary N) is 1. The third-order valence-electron chi connectivity index (χ3n) is 4.17. The Hall–Kier alpha value is -2.08. The number of phenolic OH excluding ortho intramolecular Hbond substituents is 1. The molecule has 21 heavy (non-hydrogen) atoms. The number of piperidine rings is 1. The van der Waals surface area contributed by atoms with Gasteiger partial charge in [-0.25, -0.2) is 0 Å². The largest absolute Gasteiger partial charge is 0.508 e. The van der Waals surface area contributed by atoms with E-state index >= 15 is 0 Å². The Kier molecular flexibility index (Phi) is 3.79. The lowest BCUT2D eigenvalue weighted by Crippen LogP contribution is -2.36. The van der Waals surface area contributed by atoms with Crippen molar-refractivity contribution in [2.45, 2.75) is 19.8 Å². The van der Waals surface area contributed by atoms with Crippen LogP contribution in [0.2, 0.25) is 0 Å². The zero-order chi connectivity index (χ0) is 14.8. The summed E-state index contributed by atoms with van der Waals surface area (Å²) >= 11 is 0. The number of nitrogens with two attached hydrogens (primary N) is 1. The van der Waals surface area contributed by atoms with E-state index in [4.69, 9.17) is 5.73 Å². The SMILES string of the molecule is Cc1cc(-c2nc(N3CCC(CN)CC3)n[nH]2)ccc1O. The Morgan fingerprint density at radius 3 is 2.81 bits per heavy atom. The zero-order valence-corrected chi connectivity index (χ0v) is 12.2. The molecular formula is C15H21N5O. The van der Waals surface area contributed by atoms with E-state index in [0.717, 1.165) is 55.4 Å². The standard InChI is InChI=1S/C15H21N5O/c1-10-8-12(2-3-13(10)21)14-17-15(19-18-14)20-6-4-11(9-16)5-7-20/h2-3,8,11,21H,4-7,9,16H2,1H3,(H,17,18,19). The first-order valence-electron chi connectivity index (χ1n) is 7.35. The summed E-state index contributed by atoms with van der Waals surface area (Å²) in [6.45, 7) is 4.54. The maximum absolute atomic E-state index is 9.58. The molecule has 0 radical (unpaired) electrons. The summed E-state index contributed by atoms with van der Waals surface area (Å²) in [6, 6.07) is 5.42. The molecule has 0 spiro atoms. The van der Waals surface area contributed by atoms with E-state index in [-0.39, 0.29) is 0 Å². The highest BCUT2D eigenvalue weighted by molar-refractivity contribution is 5.59. The molecule has 1 aromatic carbocycles. The second kappa shape index (κ2) is 5.73. The molecule has 3 rings (SSSR count). The number of rotatable bonds is 3. The minimum atomic E-state index is 0.294. The molecular weight excluding hydrogens is 266 g/mol. The van der Waals surface area contributed by atoms with Gasteiger partial charge in [0.05, 0.1) is 0 Å². The fourth-order valence-corrected chi connectivity index (χ4v) is 2.69. The predicted molar refractivity (Wildman–Crippen MR) is 82.2 cm³/mol. The number of aromatic amines is 1. The van der Waals surface area contributed by atoms with Gasteiger partial charge in [-0.3, -0.25) is 5.10 Å². The molecule has 0 unspecified atom stereocenters. The maximum atomic E-state index is 9.58. The van der Waals surface area contributed by atoms with Crippen molar-refractivity contribution in [1.29, 1.82) is 0 Å². The summed E-state index contributed by atoms with van der Waals surface area (Å²) < 4.78 is 0. The lowest BCUT2D eigenvalue weighted by atomic mass is 9.97. The first kappa shape index (κ1) is 13.9. The average molecular weight is 287 g/mol. The fraction of sp³-hybridized carbons (Fsp3) is 0.467. The molecule has 1 aromatic heterocycles. The Labute approximate surface area is 124 Å². The van der Waals surface area contributed by atoms with Crippen LogP contribution in [-0.2, 0) is 0 Å². The number of aromatic nitrogens is 3. The number of phenols is 1. The van der Waals surface area contributed by atoms with Crippen LogP contribution in [0.1, 0.15) is 18.4 Å². The van der Waals surface area contributed by atoms with Gasteiger partial charge in [-0.1, -0.05) is 0 Å². The maximum Gasteiger partial charge on any atom is 0.245 e. The average Bonchev–Trinajstić information content (AvgIpc) is 3.00.